The monoisotopic (exact) mass is 650 g/mol. The number of fused-ring (bicyclic) bond motifs is 9. The van der Waals surface area contributed by atoms with Crippen LogP contribution in [0.5, 0.6) is 0 Å². The van der Waals surface area contributed by atoms with Gasteiger partial charge in [0.15, 0.2) is 0 Å². The number of nitrogens with zero attached hydrogens (tertiary/aromatic N) is 2. The first-order valence-corrected chi connectivity index (χ1v) is 17.4. The Morgan fingerprint density at radius 1 is 0.314 bits per heavy atom. The Kier molecular flexibility index (Phi) is 5.96. The molecule has 3 aromatic heterocycles. The molecule has 0 fully saturated rings. The highest BCUT2D eigenvalue weighted by molar-refractivity contribution is 6.19. The predicted octanol–water partition coefficient (Wildman–Crippen LogP) is 13.1. The van der Waals surface area contributed by atoms with E-state index in [2.05, 4.69) is 179 Å². The van der Waals surface area contributed by atoms with Crippen molar-refractivity contribution in [3.8, 4) is 33.6 Å². The average molecular weight is 651 g/mol. The number of para-hydroxylation sites is 4. The van der Waals surface area contributed by atoms with Gasteiger partial charge in [-0.15, -0.1) is 0 Å². The summed E-state index contributed by atoms with van der Waals surface area (Å²) in [5.74, 6) is 0. The van der Waals surface area contributed by atoms with E-state index >= 15 is 0 Å². The fraction of sp³-hybridized carbons (Fsp3) is 0. The number of hydrogen-bond donors (Lipinski definition) is 0. The van der Waals surface area contributed by atoms with Crippen LogP contribution in [0.25, 0.3) is 99.2 Å². The molecule has 11 rings (SSSR count). The summed E-state index contributed by atoms with van der Waals surface area (Å²) in [6, 6.07) is 65.5. The smallest absolute Gasteiger partial charge is 0.143 e. The Bertz CT molecular complexity index is 3140. The maximum Gasteiger partial charge on any atom is 0.143 e. The van der Waals surface area contributed by atoms with Gasteiger partial charge >= 0.3 is 0 Å². The van der Waals surface area contributed by atoms with Gasteiger partial charge in [-0.25, -0.2) is 0 Å². The fourth-order valence-corrected chi connectivity index (χ4v) is 8.23. The number of aromatic nitrogens is 2. The van der Waals surface area contributed by atoms with E-state index in [0.29, 0.717) is 0 Å². The number of hydrogen-bond acceptors (Lipinski definition) is 1. The minimum Gasteiger partial charge on any atom is -0.455 e. The third-order valence-corrected chi connectivity index (χ3v) is 10.5. The quantitative estimate of drug-likeness (QED) is 0.186. The molecular formula is C48H30N2O. The second-order valence-electron chi connectivity index (χ2n) is 13.3. The summed E-state index contributed by atoms with van der Waals surface area (Å²) < 4.78 is 11.3. The molecule has 0 radical (unpaired) electrons. The molecule has 3 heterocycles. The van der Waals surface area contributed by atoms with Gasteiger partial charge in [-0.05, 0) is 71.3 Å². The van der Waals surface area contributed by atoms with Crippen LogP contribution in [0.3, 0.4) is 0 Å². The zero-order valence-electron chi connectivity index (χ0n) is 27.6. The topological polar surface area (TPSA) is 23.0 Å². The Morgan fingerprint density at radius 3 is 1.51 bits per heavy atom. The minimum atomic E-state index is 0.911. The number of rotatable bonds is 4. The molecule has 0 amide bonds. The molecule has 8 aromatic carbocycles. The summed E-state index contributed by atoms with van der Waals surface area (Å²) >= 11 is 0. The first-order chi connectivity index (χ1) is 25.3. The molecule has 0 aliphatic heterocycles. The van der Waals surface area contributed by atoms with E-state index < -0.39 is 0 Å². The zero-order valence-corrected chi connectivity index (χ0v) is 27.6. The maximum absolute atomic E-state index is 6.46. The van der Waals surface area contributed by atoms with Crippen molar-refractivity contribution in [1.29, 1.82) is 0 Å². The molecular weight excluding hydrogens is 621 g/mol. The fourth-order valence-electron chi connectivity index (χ4n) is 8.23. The molecule has 51 heavy (non-hydrogen) atoms. The molecule has 11 aromatic rings. The second-order valence-corrected chi connectivity index (χ2v) is 13.3. The van der Waals surface area contributed by atoms with Gasteiger partial charge in [-0.3, -0.25) is 0 Å². The lowest BCUT2D eigenvalue weighted by atomic mass is 10.0. The summed E-state index contributed by atoms with van der Waals surface area (Å²) in [5.41, 5.74) is 13.5. The van der Waals surface area contributed by atoms with Crippen molar-refractivity contribution in [3.63, 3.8) is 0 Å². The third kappa shape index (κ3) is 4.19. The third-order valence-electron chi connectivity index (χ3n) is 10.5. The first kappa shape index (κ1) is 28.0. The van der Waals surface area contributed by atoms with Crippen LogP contribution in [0.15, 0.2) is 186 Å². The number of benzene rings is 8. The molecule has 3 nitrogen and oxygen atoms in total. The van der Waals surface area contributed by atoms with Gasteiger partial charge < -0.3 is 13.6 Å². The molecule has 0 aliphatic rings. The minimum absolute atomic E-state index is 0.911. The van der Waals surface area contributed by atoms with E-state index in [0.717, 1.165) is 44.4 Å². The highest BCUT2D eigenvalue weighted by Crippen LogP contribution is 2.41. The van der Waals surface area contributed by atoms with Gasteiger partial charge in [-0.2, -0.15) is 0 Å². The molecule has 0 saturated heterocycles. The average Bonchev–Trinajstić information content (AvgIpc) is 3.85. The lowest BCUT2D eigenvalue weighted by molar-refractivity contribution is 0.670. The summed E-state index contributed by atoms with van der Waals surface area (Å²) in [4.78, 5) is 0. The van der Waals surface area contributed by atoms with Crippen LogP contribution in [-0.4, -0.2) is 9.13 Å². The van der Waals surface area contributed by atoms with E-state index in [1.807, 2.05) is 12.1 Å². The Balaban J connectivity index is 1.16. The summed E-state index contributed by atoms with van der Waals surface area (Å²) in [6.45, 7) is 0. The molecule has 238 valence electrons. The molecule has 0 bridgehead atoms. The van der Waals surface area contributed by atoms with E-state index in [1.54, 1.807) is 0 Å². The summed E-state index contributed by atoms with van der Waals surface area (Å²) in [7, 11) is 0. The lowest BCUT2D eigenvalue weighted by Gasteiger charge is -2.12. The summed E-state index contributed by atoms with van der Waals surface area (Å²) in [6.07, 6.45) is 0. The summed E-state index contributed by atoms with van der Waals surface area (Å²) in [5, 5.41) is 7.21. The van der Waals surface area contributed by atoms with Gasteiger partial charge in [0.05, 0.1) is 22.1 Å². The predicted molar refractivity (Wildman–Crippen MR) is 213 cm³/mol. The molecule has 0 spiro atoms. The molecule has 0 atom stereocenters. The Morgan fingerprint density at radius 2 is 0.824 bits per heavy atom. The molecule has 0 unspecified atom stereocenters. The van der Waals surface area contributed by atoms with Gasteiger partial charge in [0.2, 0.25) is 0 Å². The van der Waals surface area contributed by atoms with E-state index in [-0.39, 0.29) is 0 Å². The van der Waals surface area contributed by atoms with Gasteiger partial charge in [0, 0.05) is 49.3 Å². The highest BCUT2D eigenvalue weighted by atomic mass is 16.3. The van der Waals surface area contributed by atoms with Crippen LogP contribution >= 0.6 is 0 Å². The van der Waals surface area contributed by atoms with Crippen molar-refractivity contribution >= 4 is 65.6 Å². The molecule has 0 aliphatic carbocycles. The standard InChI is InChI=1S/C48H30N2O/c1-2-13-31(14-3-1)32-15-10-17-34(27-32)49-43-24-7-4-19-37(43)41-30-46-42(29-45(41)49)38-20-5-8-25-44(38)50(46)35-18-11-16-33(28-35)36-22-12-23-40-39-21-6-9-26-47(39)51-48(36)40/h1-30H. The highest BCUT2D eigenvalue weighted by Gasteiger charge is 2.19. The normalized spacial score (nSPS) is 11.9. The van der Waals surface area contributed by atoms with Crippen LogP contribution in [0.2, 0.25) is 0 Å². The zero-order chi connectivity index (χ0) is 33.5. The molecule has 3 heteroatoms. The Labute approximate surface area is 293 Å². The second kappa shape index (κ2) is 10.8. The van der Waals surface area contributed by atoms with Crippen molar-refractivity contribution in [2.75, 3.05) is 0 Å². The number of furan rings is 1. The van der Waals surface area contributed by atoms with E-state index in [4.69, 9.17) is 4.42 Å². The van der Waals surface area contributed by atoms with Crippen molar-refractivity contribution < 1.29 is 4.42 Å². The van der Waals surface area contributed by atoms with Crippen LogP contribution in [0.1, 0.15) is 0 Å². The first-order valence-electron chi connectivity index (χ1n) is 17.4. The van der Waals surface area contributed by atoms with Crippen molar-refractivity contribution in [1.82, 2.24) is 9.13 Å². The van der Waals surface area contributed by atoms with Crippen molar-refractivity contribution in [3.05, 3.63) is 182 Å². The van der Waals surface area contributed by atoms with Gasteiger partial charge in [0.1, 0.15) is 11.2 Å². The van der Waals surface area contributed by atoms with Crippen LogP contribution in [0.4, 0.5) is 0 Å². The van der Waals surface area contributed by atoms with Crippen LogP contribution in [-0.2, 0) is 0 Å². The molecule has 0 N–H and O–H groups in total. The van der Waals surface area contributed by atoms with Crippen molar-refractivity contribution in [2.45, 2.75) is 0 Å². The van der Waals surface area contributed by atoms with Gasteiger partial charge in [-0.1, -0.05) is 127 Å². The van der Waals surface area contributed by atoms with Crippen molar-refractivity contribution in [2.24, 2.45) is 0 Å². The van der Waals surface area contributed by atoms with E-state index in [9.17, 15) is 0 Å². The maximum atomic E-state index is 6.46. The largest absolute Gasteiger partial charge is 0.455 e. The van der Waals surface area contributed by atoms with E-state index in [1.165, 1.54) is 54.7 Å². The lowest BCUT2D eigenvalue weighted by Crippen LogP contribution is -1.95. The van der Waals surface area contributed by atoms with Crippen LogP contribution < -0.4 is 0 Å². The van der Waals surface area contributed by atoms with Crippen LogP contribution in [0, 0.1) is 0 Å². The SMILES string of the molecule is c1ccc(-c2cccc(-n3c4ccccc4c4cc5c(cc43)c3ccccc3n5-c3cccc(-c4cccc5c4oc4ccccc45)c3)c2)cc1. The molecule has 0 saturated carbocycles. The Hall–Kier alpha value is -6.84. The van der Waals surface area contributed by atoms with Gasteiger partial charge in [0.25, 0.3) is 0 Å².